The molecule has 1 amide bonds. The van der Waals surface area contributed by atoms with Gasteiger partial charge in [0.25, 0.3) is 0 Å². The van der Waals surface area contributed by atoms with Crippen LogP contribution in [0.4, 0.5) is 0 Å². The lowest BCUT2D eigenvalue weighted by Crippen LogP contribution is -2.24. The number of carbonyl (C=O) groups excluding carboxylic acids is 1. The molecule has 0 saturated heterocycles. The van der Waals surface area contributed by atoms with Crippen molar-refractivity contribution in [1.82, 2.24) is 4.68 Å². The quantitative estimate of drug-likeness (QED) is 0.261. The molecule has 1 aromatic heterocycles. The number of allylic oxidation sites excluding steroid dienone is 2. The predicted octanol–water partition coefficient (Wildman–Crippen LogP) is 6.18. The van der Waals surface area contributed by atoms with Gasteiger partial charge in [-0.3, -0.25) is 14.9 Å². The number of aryl methyl sites for hydroxylation is 2. The molecular weight excluding hydrogens is 348 g/mol. The van der Waals surface area contributed by atoms with Gasteiger partial charge in [-0.1, -0.05) is 57.6 Å². The van der Waals surface area contributed by atoms with E-state index in [2.05, 4.69) is 24.5 Å². The number of rotatable bonds is 16. The molecule has 4 nitrogen and oxygen atoms in total. The molecule has 4 heteroatoms. The third-order valence-electron chi connectivity index (χ3n) is 5.26. The maximum atomic E-state index is 12.0. The van der Waals surface area contributed by atoms with E-state index in [1.807, 2.05) is 30.7 Å². The SMILES string of the molecule is CCCCC/C=C\CCC(O)CCCCCCCC(=O)Nn1c(C)ccc1C. The van der Waals surface area contributed by atoms with Crippen molar-refractivity contribution in [3.8, 4) is 0 Å². The lowest BCUT2D eigenvalue weighted by molar-refractivity contribution is -0.117. The molecule has 1 aromatic rings. The van der Waals surface area contributed by atoms with E-state index in [1.54, 1.807) is 0 Å². The molecular formula is C24H42N2O2. The number of nitrogens with one attached hydrogen (secondary N) is 1. The molecule has 0 aliphatic carbocycles. The number of hydrogen-bond donors (Lipinski definition) is 2. The van der Waals surface area contributed by atoms with Crippen molar-refractivity contribution in [3.63, 3.8) is 0 Å². The molecule has 0 aromatic carbocycles. The number of aliphatic hydroxyl groups excluding tert-OH is 1. The Morgan fingerprint density at radius 3 is 2.32 bits per heavy atom. The van der Waals surface area contributed by atoms with Crippen molar-refractivity contribution in [3.05, 3.63) is 35.7 Å². The van der Waals surface area contributed by atoms with Crippen LogP contribution in [0.2, 0.25) is 0 Å². The first-order valence-corrected chi connectivity index (χ1v) is 11.3. The van der Waals surface area contributed by atoms with Crippen molar-refractivity contribution in [2.24, 2.45) is 0 Å². The van der Waals surface area contributed by atoms with Crippen molar-refractivity contribution in [2.75, 3.05) is 5.43 Å². The molecule has 0 fully saturated rings. The first kappa shape index (κ1) is 24.5. The third-order valence-corrected chi connectivity index (χ3v) is 5.26. The van der Waals surface area contributed by atoms with Crippen molar-refractivity contribution >= 4 is 5.91 Å². The number of hydrogen-bond acceptors (Lipinski definition) is 2. The fourth-order valence-corrected chi connectivity index (χ4v) is 3.40. The van der Waals surface area contributed by atoms with Crippen LogP contribution >= 0.6 is 0 Å². The summed E-state index contributed by atoms with van der Waals surface area (Å²) in [5.74, 6) is 0.0839. The van der Waals surface area contributed by atoms with E-state index in [9.17, 15) is 9.90 Å². The largest absolute Gasteiger partial charge is 0.393 e. The average Bonchev–Trinajstić information content (AvgIpc) is 2.98. The van der Waals surface area contributed by atoms with Crippen LogP contribution in [0.3, 0.4) is 0 Å². The molecule has 0 aliphatic rings. The Balaban J connectivity index is 1.95. The Kier molecular flexibility index (Phi) is 13.5. The van der Waals surface area contributed by atoms with Gasteiger partial charge in [0.2, 0.25) is 5.91 Å². The predicted molar refractivity (Wildman–Crippen MR) is 119 cm³/mol. The van der Waals surface area contributed by atoms with Crippen LogP contribution in [0.25, 0.3) is 0 Å². The van der Waals surface area contributed by atoms with E-state index in [0.717, 1.165) is 62.8 Å². The Morgan fingerprint density at radius 1 is 0.964 bits per heavy atom. The van der Waals surface area contributed by atoms with Crippen LogP contribution in [-0.2, 0) is 4.79 Å². The van der Waals surface area contributed by atoms with E-state index < -0.39 is 0 Å². The lowest BCUT2D eigenvalue weighted by atomic mass is 10.0. The molecule has 1 heterocycles. The first-order chi connectivity index (χ1) is 13.5. The summed E-state index contributed by atoms with van der Waals surface area (Å²) in [5.41, 5.74) is 5.06. The van der Waals surface area contributed by atoms with Crippen LogP contribution in [0.15, 0.2) is 24.3 Å². The monoisotopic (exact) mass is 390 g/mol. The van der Waals surface area contributed by atoms with Gasteiger partial charge >= 0.3 is 0 Å². The number of carbonyl (C=O) groups is 1. The number of nitrogens with zero attached hydrogens (tertiary/aromatic N) is 1. The van der Waals surface area contributed by atoms with Gasteiger partial charge in [-0.05, 0) is 64.5 Å². The van der Waals surface area contributed by atoms with Gasteiger partial charge in [0.15, 0.2) is 0 Å². The summed E-state index contributed by atoms with van der Waals surface area (Å²) in [7, 11) is 0. The van der Waals surface area contributed by atoms with E-state index in [-0.39, 0.29) is 12.0 Å². The summed E-state index contributed by atoms with van der Waals surface area (Å²) < 4.78 is 1.85. The van der Waals surface area contributed by atoms with Gasteiger partial charge < -0.3 is 5.11 Å². The molecule has 28 heavy (non-hydrogen) atoms. The van der Waals surface area contributed by atoms with Crippen molar-refractivity contribution in [1.29, 1.82) is 0 Å². The fraction of sp³-hybridized carbons (Fsp3) is 0.708. The second-order valence-corrected chi connectivity index (χ2v) is 7.99. The maximum absolute atomic E-state index is 12.0. The van der Waals surface area contributed by atoms with Gasteiger partial charge in [-0.25, -0.2) is 0 Å². The van der Waals surface area contributed by atoms with Crippen LogP contribution in [-0.4, -0.2) is 21.8 Å². The highest BCUT2D eigenvalue weighted by molar-refractivity contribution is 5.83. The van der Waals surface area contributed by atoms with E-state index in [1.165, 1.54) is 25.7 Å². The van der Waals surface area contributed by atoms with Crippen LogP contribution in [0.1, 0.15) is 102 Å². The minimum atomic E-state index is -0.167. The molecule has 1 unspecified atom stereocenters. The molecule has 0 saturated carbocycles. The van der Waals surface area contributed by atoms with Crippen LogP contribution < -0.4 is 5.43 Å². The Bertz CT molecular complexity index is 543. The highest BCUT2D eigenvalue weighted by Crippen LogP contribution is 2.12. The first-order valence-electron chi connectivity index (χ1n) is 11.3. The molecule has 0 spiro atoms. The smallest absolute Gasteiger partial charge is 0.238 e. The highest BCUT2D eigenvalue weighted by Gasteiger charge is 2.06. The van der Waals surface area contributed by atoms with Crippen LogP contribution in [0.5, 0.6) is 0 Å². The Labute approximate surface area is 172 Å². The van der Waals surface area contributed by atoms with Gasteiger partial charge in [-0.2, -0.15) is 0 Å². The topological polar surface area (TPSA) is 54.3 Å². The van der Waals surface area contributed by atoms with E-state index >= 15 is 0 Å². The zero-order valence-electron chi connectivity index (χ0n) is 18.4. The van der Waals surface area contributed by atoms with Crippen molar-refractivity contribution < 1.29 is 9.90 Å². The molecule has 0 bridgehead atoms. The lowest BCUT2D eigenvalue weighted by Gasteiger charge is -2.11. The summed E-state index contributed by atoms with van der Waals surface area (Å²) in [6.45, 7) is 6.21. The van der Waals surface area contributed by atoms with Crippen molar-refractivity contribution in [2.45, 2.75) is 110 Å². The average molecular weight is 391 g/mol. The molecule has 0 aliphatic heterocycles. The second kappa shape index (κ2) is 15.4. The van der Waals surface area contributed by atoms with Gasteiger partial charge in [-0.15, -0.1) is 0 Å². The summed E-state index contributed by atoms with van der Waals surface area (Å²) in [6, 6.07) is 4.02. The highest BCUT2D eigenvalue weighted by atomic mass is 16.3. The normalized spacial score (nSPS) is 12.6. The zero-order valence-corrected chi connectivity index (χ0v) is 18.4. The van der Waals surface area contributed by atoms with E-state index in [0.29, 0.717) is 6.42 Å². The third kappa shape index (κ3) is 11.3. The summed E-state index contributed by atoms with van der Waals surface area (Å²) in [6.07, 6.45) is 18.1. The Morgan fingerprint density at radius 2 is 1.61 bits per heavy atom. The number of amides is 1. The molecule has 2 N–H and O–H groups in total. The number of aliphatic hydroxyl groups is 1. The molecule has 160 valence electrons. The summed E-state index contributed by atoms with van der Waals surface area (Å²) in [5, 5.41) is 10.0. The minimum Gasteiger partial charge on any atom is -0.393 e. The van der Waals surface area contributed by atoms with Gasteiger partial charge in [0.1, 0.15) is 0 Å². The summed E-state index contributed by atoms with van der Waals surface area (Å²) >= 11 is 0. The van der Waals surface area contributed by atoms with Gasteiger partial charge in [0, 0.05) is 17.8 Å². The summed E-state index contributed by atoms with van der Waals surface area (Å²) in [4.78, 5) is 12.0. The number of unbranched alkanes of at least 4 members (excludes halogenated alkanes) is 7. The maximum Gasteiger partial charge on any atom is 0.238 e. The standard InChI is InChI=1S/C24H42N2O2/c1-4-5-6-7-8-10-13-16-23(27)17-14-11-9-12-15-18-24(28)25-26-21(2)19-20-22(26)3/h8,10,19-20,23,27H,4-7,9,11-18H2,1-3H3,(H,25,28)/b10-8-. The van der Waals surface area contributed by atoms with Gasteiger partial charge in [0.05, 0.1) is 6.10 Å². The van der Waals surface area contributed by atoms with E-state index in [4.69, 9.17) is 0 Å². The molecule has 0 radical (unpaired) electrons. The minimum absolute atomic E-state index is 0.0839. The fourth-order valence-electron chi connectivity index (χ4n) is 3.40. The number of aromatic nitrogens is 1. The Hall–Kier alpha value is -1.55. The zero-order chi connectivity index (χ0) is 20.6. The van der Waals surface area contributed by atoms with Crippen LogP contribution in [0, 0.1) is 13.8 Å². The molecule has 1 atom stereocenters. The molecule has 1 rings (SSSR count). The second-order valence-electron chi connectivity index (χ2n) is 7.99.